The lowest BCUT2D eigenvalue weighted by atomic mass is 10.1. The van der Waals surface area contributed by atoms with Crippen LogP contribution in [0.1, 0.15) is 252 Å². The van der Waals surface area contributed by atoms with Crippen LogP contribution >= 0.6 is 0 Å². The van der Waals surface area contributed by atoms with Crippen LogP contribution in [-0.2, 0) is 28.6 Å². The number of hydrogen-bond acceptors (Lipinski definition) is 6. The van der Waals surface area contributed by atoms with Crippen LogP contribution in [0.15, 0.2) is 60.8 Å². The SMILES string of the molecule is CCC/C=C\CCCCCCCC(=O)OCC(COC(=O)CCCCCCCCCC/C=C\C/C=C\C/C=C\CCCCCCC)OC(=O)CCCCCCC/C=C\CCC. The minimum atomic E-state index is -0.782. The minimum Gasteiger partial charge on any atom is -0.462 e. The zero-order valence-corrected chi connectivity index (χ0v) is 40.2. The fourth-order valence-electron chi connectivity index (χ4n) is 7.04. The van der Waals surface area contributed by atoms with Crippen LogP contribution in [-0.4, -0.2) is 37.2 Å². The third kappa shape index (κ3) is 48.0. The quantitative estimate of drug-likeness (QED) is 0.0263. The van der Waals surface area contributed by atoms with E-state index in [0.29, 0.717) is 19.3 Å². The molecule has 0 N–H and O–H groups in total. The Labute approximate surface area is 377 Å². The smallest absolute Gasteiger partial charge is 0.306 e. The van der Waals surface area contributed by atoms with Gasteiger partial charge in [-0.15, -0.1) is 0 Å². The summed E-state index contributed by atoms with van der Waals surface area (Å²) in [7, 11) is 0. The Balaban J connectivity index is 4.24. The topological polar surface area (TPSA) is 78.9 Å². The molecule has 0 bridgehead atoms. The highest BCUT2D eigenvalue weighted by atomic mass is 16.6. The van der Waals surface area contributed by atoms with E-state index in [0.717, 1.165) is 109 Å². The molecule has 0 aliphatic carbocycles. The van der Waals surface area contributed by atoms with E-state index in [4.69, 9.17) is 14.2 Å². The molecule has 6 nitrogen and oxygen atoms in total. The van der Waals surface area contributed by atoms with E-state index in [1.165, 1.54) is 103 Å². The van der Waals surface area contributed by atoms with Crippen LogP contribution in [0, 0.1) is 0 Å². The first-order valence-electron chi connectivity index (χ1n) is 25.8. The third-order valence-electron chi connectivity index (χ3n) is 10.9. The van der Waals surface area contributed by atoms with Gasteiger partial charge in [0, 0.05) is 19.3 Å². The Bertz CT molecular complexity index is 1120. The number of ether oxygens (including phenoxy) is 3. The molecule has 0 heterocycles. The van der Waals surface area contributed by atoms with Gasteiger partial charge in [0.25, 0.3) is 0 Å². The van der Waals surface area contributed by atoms with Gasteiger partial charge in [0.1, 0.15) is 13.2 Å². The summed E-state index contributed by atoms with van der Waals surface area (Å²) in [5.74, 6) is -0.912. The Morgan fingerprint density at radius 3 is 1.00 bits per heavy atom. The summed E-state index contributed by atoms with van der Waals surface area (Å²) in [5, 5.41) is 0. The van der Waals surface area contributed by atoms with Gasteiger partial charge in [-0.3, -0.25) is 14.4 Å². The summed E-state index contributed by atoms with van der Waals surface area (Å²) in [6.07, 6.45) is 60.7. The van der Waals surface area contributed by atoms with Gasteiger partial charge < -0.3 is 14.2 Å². The number of esters is 3. The molecule has 0 aromatic heterocycles. The second-order valence-electron chi connectivity index (χ2n) is 17.1. The monoisotopic (exact) mass is 853 g/mol. The van der Waals surface area contributed by atoms with Crippen LogP contribution in [0.25, 0.3) is 0 Å². The van der Waals surface area contributed by atoms with E-state index in [-0.39, 0.29) is 31.1 Å². The van der Waals surface area contributed by atoms with Crippen molar-refractivity contribution in [3.05, 3.63) is 60.8 Å². The van der Waals surface area contributed by atoms with Gasteiger partial charge in [-0.25, -0.2) is 0 Å². The number of carbonyl (C=O) groups is 3. The van der Waals surface area contributed by atoms with Crippen LogP contribution in [0.2, 0.25) is 0 Å². The molecule has 352 valence electrons. The van der Waals surface area contributed by atoms with E-state index in [2.05, 4.69) is 81.5 Å². The van der Waals surface area contributed by atoms with Gasteiger partial charge in [-0.1, -0.05) is 197 Å². The lowest BCUT2D eigenvalue weighted by Crippen LogP contribution is -2.30. The van der Waals surface area contributed by atoms with Crippen LogP contribution in [0.3, 0.4) is 0 Å². The van der Waals surface area contributed by atoms with E-state index in [1.54, 1.807) is 0 Å². The lowest BCUT2D eigenvalue weighted by Gasteiger charge is -2.18. The van der Waals surface area contributed by atoms with Crippen LogP contribution < -0.4 is 0 Å². The van der Waals surface area contributed by atoms with Gasteiger partial charge in [-0.05, 0) is 96.3 Å². The van der Waals surface area contributed by atoms with Crippen molar-refractivity contribution in [1.29, 1.82) is 0 Å². The number of carbonyl (C=O) groups excluding carboxylic acids is 3. The van der Waals surface area contributed by atoms with E-state index >= 15 is 0 Å². The maximum absolute atomic E-state index is 12.7. The molecule has 0 aliphatic rings. The second-order valence-corrected chi connectivity index (χ2v) is 17.1. The average molecular weight is 853 g/mol. The Morgan fingerprint density at radius 2 is 0.623 bits per heavy atom. The highest BCUT2D eigenvalue weighted by Crippen LogP contribution is 2.14. The van der Waals surface area contributed by atoms with Gasteiger partial charge >= 0.3 is 17.9 Å². The van der Waals surface area contributed by atoms with Crippen molar-refractivity contribution in [3.63, 3.8) is 0 Å². The summed E-state index contributed by atoms with van der Waals surface area (Å²) in [6.45, 7) is 6.48. The zero-order valence-electron chi connectivity index (χ0n) is 40.2. The molecule has 0 saturated carbocycles. The first-order valence-corrected chi connectivity index (χ1v) is 25.8. The minimum absolute atomic E-state index is 0.0844. The molecule has 1 unspecified atom stereocenters. The van der Waals surface area contributed by atoms with Crippen molar-refractivity contribution in [1.82, 2.24) is 0 Å². The third-order valence-corrected chi connectivity index (χ3v) is 10.9. The fourth-order valence-corrected chi connectivity index (χ4v) is 7.04. The van der Waals surface area contributed by atoms with Crippen molar-refractivity contribution in [3.8, 4) is 0 Å². The van der Waals surface area contributed by atoms with Gasteiger partial charge in [0.05, 0.1) is 0 Å². The maximum atomic E-state index is 12.7. The molecular formula is C55H96O6. The van der Waals surface area contributed by atoms with Gasteiger partial charge in [-0.2, -0.15) is 0 Å². The zero-order chi connectivity index (χ0) is 44.4. The van der Waals surface area contributed by atoms with Gasteiger partial charge in [0.2, 0.25) is 0 Å². The number of hydrogen-bond donors (Lipinski definition) is 0. The predicted molar refractivity (Wildman–Crippen MR) is 261 cm³/mol. The normalized spacial score (nSPS) is 12.5. The second kappa shape index (κ2) is 49.8. The molecule has 0 fully saturated rings. The number of rotatable bonds is 46. The van der Waals surface area contributed by atoms with Crippen molar-refractivity contribution >= 4 is 17.9 Å². The maximum Gasteiger partial charge on any atom is 0.306 e. The van der Waals surface area contributed by atoms with Crippen LogP contribution in [0.4, 0.5) is 0 Å². The summed E-state index contributed by atoms with van der Waals surface area (Å²) < 4.78 is 16.7. The average Bonchev–Trinajstić information content (AvgIpc) is 3.26. The fraction of sp³-hybridized carbons (Fsp3) is 0.764. The molecule has 0 aromatic rings. The molecule has 0 radical (unpaired) electrons. The highest BCUT2D eigenvalue weighted by Gasteiger charge is 2.19. The standard InChI is InChI=1S/C55H96O6/c1-4-7-10-13-16-19-22-23-24-25-26-27-28-29-30-31-32-33-34-37-39-42-45-48-54(57)60-51-52(61-55(58)49-46-43-40-36-21-18-15-12-9-6-3)50-59-53(56)47-44-41-38-35-20-17-14-11-8-5-2/h11-12,14-15,22-23,25-26,28-29,52H,4-10,13,16-21,24,27,30-51H2,1-3H3/b14-11-,15-12-,23-22-,26-25-,29-28-. The molecular weight excluding hydrogens is 757 g/mol. The molecule has 0 amide bonds. The highest BCUT2D eigenvalue weighted by molar-refractivity contribution is 5.71. The molecule has 0 aliphatic heterocycles. The van der Waals surface area contributed by atoms with Crippen molar-refractivity contribution in [2.24, 2.45) is 0 Å². The Morgan fingerprint density at radius 1 is 0.328 bits per heavy atom. The summed E-state index contributed by atoms with van der Waals surface area (Å²) in [6, 6.07) is 0. The van der Waals surface area contributed by atoms with E-state index in [1.807, 2.05) is 0 Å². The van der Waals surface area contributed by atoms with Crippen LogP contribution in [0.5, 0.6) is 0 Å². The summed E-state index contributed by atoms with van der Waals surface area (Å²) in [5.41, 5.74) is 0. The first-order chi connectivity index (χ1) is 30.0. The Hall–Kier alpha value is -2.89. The number of unbranched alkanes of at least 4 members (excludes halogenated alkanes) is 25. The van der Waals surface area contributed by atoms with E-state index in [9.17, 15) is 14.4 Å². The van der Waals surface area contributed by atoms with E-state index < -0.39 is 6.10 Å². The van der Waals surface area contributed by atoms with Crippen molar-refractivity contribution in [2.45, 2.75) is 258 Å². The predicted octanol–water partition coefficient (Wildman–Crippen LogP) is 16.9. The molecule has 1 atom stereocenters. The molecule has 6 heteroatoms. The number of allylic oxidation sites excluding steroid dienone is 10. The largest absolute Gasteiger partial charge is 0.462 e. The lowest BCUT2D eigenvalue weighted by molar-refractivity contribution is -0.167. The molecule has 0 spiro atoms. The summed E-state index contributed by atoms with van der Waals surface area (Å²) >= 11 is 0. The van der Waals surface area contributed by atoms with Gasteiger partial charge in [0.15, 0.2) is 6.10 Å². The molecule has 0 aromatic carbocycles. The summed E-state index contributed by atoms with van der Waals surface area (Å²) in [4.78, 5) is 37.8. The molecule has 61 heavy (non-hydrogen) atoms. The van der Waals surface area contributed by atoms with Crippen molar-refractivity contribution in [2.75, 3.05) is 13.2 Å². The first kappa shape index (κ1) is 58.1. The Kier molecular flexibility index (Phi) is 47.4. The molecule has 0 saturated heterocycles. The van der Waals surface area contributed by atoms with Crippen molar-refractivity contribution < 1.29 is 28.6 Å². The molecule has 0 rings (SSSR count).